The molecule has 4 heterocycles. The molecule has 2 fully saturated rings. The maximum Gasteiger partial charge on any atom is 0.416 e. The van der Waals surface area contributed by atoms with Crippen LogP contribution in [0.5, 0.6) is 0 Å². The number of carbonyl (C=O) groups excluding carboxylic acids is 2. The van der Waals surface area contributed by atoms with Crippen molar-refractivity contribution in [2.75, 3.05) is 36.0 Å². The van der Waals surface area contributed by atoms with Crippen LogP contribution in [0.1, 0.15) is 52.0 Å². The predicted octanol–water partition coefficient (Wildman–Crippen LogP) is 11.6. The molecular weight excluding hydrogens is 867 g/mol. The molecule has 306 valence electrons. The summed E-state index contributed by atoms with van der Waals surface area (Å²) in [5.74, 6) is -0.484. The molecule has 2 saturated heterocycles. The van der Waals surface area contributed by atoms with Gasteiger partial charge in [-0.25, -0.2) is 0 Å². The van der Waals surface area contributed by atoms with Crippen LogP contribution in [0.2, 0.25) is 25.1 Å². The number of nitrogens with zero attached hydrogens (tertiary/aromatic N) is 4. The van der Waals surface area contributed by atoms with E-state index in [1.165, 1.54) is 6.07 Å². The van der Waals surface area contributed by atoms with Crippen molar-refractivity contribution in [3.63, 3.8) is 0 Å². The van der Waals surface area contributed by atoms with Gasteiger partial charge in [-0.3, -0.25) is 19.6 Å². The van der Waals surface area contributed by atoms with Gasteiger partial charge in [0.25, 0.3) is 11.8 Å². The molecule has 0 aliphatic carbocycles. The molecule has 2 N–H and O–H groups in total. The van der Waals surface area contributed by atoms with Crippen molar-refractivity contribution in [1.29, 1.82) is 0 Å². The second-order valence-corrected chi connectivity index (χ2v) is 16.2. The van der Waals surface area contributed by atoms with Crippen LogP contribution in [0, 0.1) is 0 Å². The highest BCUT2D eigenvalue weighted by molar-refractivity contribution is 6.44. The molecule has 0 atom stereocenters. The molecule has 2 aromatic heterocycles. The van der Waals surface area contributed by atoms with Crippen LogP contribution in [0.25, 0.3) is 21.8 Å². The van der Waals surface area contributed by atoms with Gasteiger partial charge in [0.2, 0.25) is 0 Å². The largest absolute Gasteiger partial charge is 0.416 e. The predicted molar refractivity (Wildman–Crippen MR) is 232 cm³/mol. The topological polar surface area (TPSA) is 90.5 Å². The number of carbonyl (C=O) groups is 2. The van der Waals surface area contributed by atoms with Gasteiger partial charge in [0, 0.05) is 77.8 Å². The van der Waals surface area contributed by atoms with Crippen molar-refractivity contribution in [3.8, 4) is 0 Å². The number of hydrogen-bond acceptors (Lipinski definition) is 6. The first-order valence-electron chi connectivity index (χ1n) is 18.8. The molecule has 0 spiro atoms. The Bertz CT molecular complexity index is 2510. The smallest absolute Gasteiger partial charge is 0.371 e. The molecule has 6 aromatic rings. The third kappa shape index (κ3) is 9.93. The lowest BCUT2D eigenvalue weighted by molar-refractivity contribution is -0.137. The molecule has 59 heavy (non-hydrogen) atoms. The quantitative estimate of drug-likeness (QED) is 0.173. The number of anilines is 2. The first-order valence-corrected chi connectivity index (χ1v) is 20.7. The highest BCUT2D eigenvalue weighted by atomic mass is 35.5. The van der Waals surface area contributed by atoms with E-state index in [9.17, 15) is 22.8 Å². The summed E-state index contributed by atoms with van der Waals surface area (Å²) in [7, 11) is 0. The van der Waals surface area contributed by atoms with E-state index < -0.39 is 11.7 Å². The molecule has 0 saturated carbocycles. The Morgan fingerprint density at radius 3 is 1.49 bits per heavy atom. The number of halogens is 8. The van der Waals surface area contributed by atoms with E-state index in [0.29, 0.717) is 73.7 Å². The second-order valence-electron chi connectivity index (χ2n) is 14.2. The van der Waals surface area contributed by atoms with E-state index in [1.54, 1.807) is 48.7 Å². The Kier molecular flexibility index (Phi) is 13.3. The summed E-state index contributed by atoms with van der Waals surface area (Å²) in [6.45, 7) is 2.84. The number of fused-ring (bicyclic) bond motifs is 2. The molecule has 0 unspecified atom stereocenters. The molecule has 2 aliphatic rings. The zero-order chi connectivity index (χ0) is 41.8. The minimum absolute atomic E-state index is 0.0716. The normalized spacial score (nSPS) is 15.2. The Morgan fingerprint density at radius 2 is 1.03 bits per heavy atom. The summed E-state index contributed by atoms with van der Waals surface area (Å²) in [4.78, 5) is 38.1. The summed E-state index contributed by atoms with van der Waals surface area (Å²) >= 11 is 30.5. The highest BCUT2D eigenvalue weighted by Crippen LogP contribution is 2.36. The maximum absolute atomic E-state index is 13.2. The average molecular weight is 903 g/mol. The van der Waals surface area contributed by atoms with E-state index in [4.69, 9.17) is 58.0 Å². The first kappa shape index (κ1) is 42.6. The number of rotatable bonds is 6. The fourth-order valence-electron chi connectivity index (χ4n) is 7.38. The monoisotopic (exact) mass is 900 g/mol. The summed E-state index contributed by atoms with van der Waals surface area (Å²) in [6.07, 6.45) is 1.97. The Labute approximate surface area is 363 Å². The van der Waals surface area contributed by atoms with Gasteiger partial charge < -0.3 is 20.4 Å². The minimum atomic E-state index is -4.42. The van der Waals surface area contributed by atoms with Crippen LogP contribution in [0.15, 0.2) is 97.3 Å². The Balaban J connectivity index is 0.000000180. The lowest BCUT2D eigenvalue weighted by atomic mass is 10.0. The average Bonchev–Trinajstić information content (AvgIpc) is 3.22. The number of pyridine rings is 2. The molecule has 4 aromatic carbocycles. The summed E-state index contributed by atoms with van der Waals surface area (Å²) in [5, 5.41) is 9.45. The van der Waals surface area contributed by atoms with E-state index in [1.807, 2.05) is 35.4 Å². The van der Waals surface area contributed by atoms with E-state index in [-0.39, 0.29) is 28.9 Å². The van der Waals surface area contributed by atoms with Crippen molar-refractivity contribution < 1.29 is 22.8 Å². The van der Waals surface area contributed by atoms with Crippen LogP contribution >= 0.6 is 58.0 Å². The Hall–Kier alpha value is -4.52. The standard InChI is InChI=1S/C22H18Cl2F3N3O.C21H18Cl3N3O/c23-17-3-1-2-15(20(17)24)21(31)29-14-7-10-30(11-8-14)19-6-9-28-18-5-4-13(12-16(18)19)22(25,26)27;22-13-4-5-18-16(12-13)19(6-9-25-18)27-10-7-14(8-11-27)26-21(28)15-2-1-3-17(23)20(15)24/h1-6,9,12,14H,7-8,10-11H2,(H,29,31);1-6,9,12,14H,7-8,10-11H2,(H,26,28). The van der Waals surface area contributed by atoms with Crippen molar-refractivity contribution >= 4 is 103 Å². The Morgan fingerprint density at radius 1 is 0.593 bits per heavy atom. The van der Waals surface area contributed by atoms with Crippen molar-refractivity contribution in [2.24, 2.45) is 0 Å². The maximum atomic E-state index is 13.2. The molecule has 16 heteroatoms. The van der Waals surface area contributed by atoms with Crippen molar-refractivity contribution in [2.45, 2.75) is 43.9 Å². The SMILES string of the molecule is O=C(NC1CCN(c2ccnc3ccc(C(F)(F)F)cc23)CC1)c1cccc(Cl)c1Cl.O=C(NC1CCN(c2ccnc3ccc(Cl)cc23)CC1)c1cccc(Cl)c1Cl. The molecule has 0 bridgehead atoms. The van der Waals surface area contributed by atoms with E-state index in [0.717, 1.165) is 54.7 Å². The number of alkyl halides is 3. The van der Waals surface area contributed by atoms with E-state index >= 15 is 0 Å². The number of piperidine rings is 2. The molecule has 0 radical (unpaired) electrons. The zero-order valence-electron chi connectivity index (χ0n) is 31.2. The van der Waals surface area contributed by atoms with Crippen LogP contribution in [-0.2, 0) is 6.18 Å². The van der Waals surface area contributed by atoms with Crippen LogP contribution in [-0.4, -0.2) is 60.0 Å². The third-order valence-electron chi connectivity index (χ3n) is 10.5. The van der Waals surface area contributed by atoms with Crippen LogP contribution in [0.3, 0.4) is 0 Å². The summed E-state index contributed by atoms with van der Waals surface area (Å²) in [6, 6.07) is 23.1. The molecule has 2 amide bonds. The van der Waals surface area contributed by atoms with Crippen LogP contribution < -0.4 is 20.4 Å². The van der Waals surface area contributed by atoms with Crippen molar-refractivity contribution in [1.82, 2.24) is 20.6 Å². The molecular formula is C43H36Cl5F3N6O2. The van der Waals surface area contributed by atoms with Gasteiger partial charge in [-0.1, -0.05) is 70.1 Å². The summed E-state index contributed by atoms with van der Waals surface area (Å²) in [5.41, 5.74) is 3.29. The fourth-order valence-corrected chi connectivity index (χ4v) is 8.32. The first-order chi connectivity index (χ1) is 28.3. The number of amides is 2. The summed E-state index contributed by atoms with van der Waals surface area (Å²) < 4.78 is 39.5. The van der Waals surface area contributed by atoms with Gasteiger partial charge in [0.05, 0.1) is 47.8 Å². The molecule has 2 aliphatic heterocycles. The number of nitrogens with one attached hydrogen (secondary N) is 2. The molecule has 8 rings (SSSR count). The molecule has 8 nitrogen and oxygen atoms in total. The number of hydrogen-bond donors (Lipinski definition) is 2. The third-order valence-corrected chi connectivity index (χ3v) is 12.3. The lowest BCUT2D eigenvalue weighted by Crippen LogP contribution is -2.44. The van der Waals surface area contributed by atoms with Crippen LogP contribution in [0.4, 0.5) is 24.5 Å². The zero-order valence-corrected chi connectivity index (χ0v) is 35.0. The van der Waals surface area contributed by atoms with Gasteiger partial charge in [-0.15, -0.1) is 0 Å². The number of benzene rings is 4. The van der Waals surface area contributed by atoms with Gasteiger partial charge in [-0.2, -0.15) is 13.2 Å². The minimum Gasteiger partial charge on any atom is -0.371 e. The van der Waals surface area contributed by atoms with Crippen molar-refractivity contribution in [3.05, 3.63) is 139 Å². The van der Waals surface area contributed by atoms with E-state index in [2.05, 4.69) is 25.5 Å². The van der Waals surface area contributed by atoms with Gasteiger partial charge in [-0.05, 0) is 98.5 Å². The lowest BCUT2D eigenvalue weighted by Gasteiger charge is -2.34. The second kappa shape index (κ2) is 18.4. The fraction of sp³-hybridized carbons (Fsp3) is 0.256. The van der Waals surface area contributed by atoms with Gasteiger partial charge in [0.1, 0.15) is 0 Å². The van der Waals surface area contributed by atoms with Gasteiger partial charge >= 0.3 is 6.18 Å². The van der Waals surface area contributed by atoms with Gasteiger partial charge in [0.15, 0.2) is 0 Å². The number of aromatic nitrogens is 2. The highest BCUT2D eigenvalue weighted by Gasteiger charge is 2.31.